The summed E-state index contributed by atoms with van der Waals surface area (Å²) >= 11 is 0. The van der Waals surface area contributed by atoms with Crippen LogP contribution in [0.3, 0.4) is 0 Å². The van der Waals surface area contributed by atoms with Crippen LogP contribution in [0.4, 0.5) is 13.2 Å². The molecule has 0 radical (unpaired) electrons. The van der Waals surface area contributed by atoms with Crippen LogP contribution in [0.15, 0.2) is 30.3 Å². The number of carbonyl (C=O) groups is 2. The molecule has 1 amide bonds. The van der Waals surface area contributed by atoms with Gasteiger partial charge in [-0.1, -0.05) is 12.1 Å². The Hall–Kier alpha value is -2.51. The lowest BCUT2D eigenvalue weighted by Crippen LogP contribution is -2.46. The number of ether oxygens (including phenoxy) is 2. The molecule has 0 bridgehead atoms. The predicted molar refractivity (Wildman–Crippen MR) is 85.6 cm³/mol. The smallest absolute Gasteiger partial charge is 0.449 e. The molecule has 0 unspecified atom stereocenters. The molecule has 1 N–H and O–H groups in total. The van der Waals surface area contributed by atoms with Gasteiger partial charge >= 0.3 is 12.3 Å². The van der Waals surface area contributed by atoms with E-state index in [1.54, 1.807) is 20.8 Å². The third-order valence-corrected chi connectivity index (χ3v) is 2.69. The molecular weight excluding hydrogens is 339 g/mol. The van der Waals surface area contributed by atoms with Crippen molar-refractivity contribution in [3.05, 3.63) is 35.9 Å². The number of nitrogens with one attached hydrogen (secondary N) is 1. The summed E-state index contributed by atoms with van der Waals surface area (Å²) in [7, 11) is 0. The predicted octanol–water partition coefficient (Wildman–Crippen LogP) is 3.44. The van der Waals surface area contributed by atoms with Gasteiger partial charge in [0.25, 0.3) is 5.91 Å². The minimum Gasteiger partial charge on any atom is -0.449 e. The molecule has 138 valence electrons. The van der Waals surface area contributed by atoms with Gasteiger partial charge in [-0.05, 0) is 51.5 Å². The Morgan fingerprint density at radius 2 is 1.68 bits per heavy atom. The number of halogens is 3. The maximum Gasteiger partial charge on any atom is 0.573 e. The van der Waals surface area contributed by atoms with E-state index in [1.165, 1.54) is 25.1 Å². The van der Waals surface area contributed by atoms with Gasteiger partial charge in [-0.15, -0.1) is 13.2 Å². The number of rotatable bonds is 5. The van der Waals surface area contributed by atoms with E-state index in [0.717, 1.165) is 18.2 Å². The number of benzene rings is 1. The number of hydrogen-bond donors (Lipinski definition) is 1. The first kappa shape index (κ1) is 20.5. The molecule has 0 aliphatic heterocycles. The highest BCUT2D eigenvalue weighted by Crippen LogP contribution is 2.22. The average Bonchev–Trinajstić information content (AvgIpc) is 2.43. The Balaban J connectivity index is 2.57. The van der Waals surface area contributed by atoms with Gasteiger partial charge in [0.2, 0.25) is 0 Å². The number of carbonyl (C=O) groups excluding carboxylic acids is 2. The molecule has 0 heterocycles. The zero-order chi connectivity index (χ0) is 19.3. The second-order valence-corrected chi connectivity index (χ2v) is 6.27. The van der Waals surface area contributed by atoms with Crippen molar-refractivity contribution in [1.29, 1.82) is 0 Å². The Morgan fingerprint density at radius 1 is 1.12 bits per heavy atom. The van der Waals surface area contributed by atoms with Crippen LogP contribution < -0.4 is 10.1 Å². The summed E-state index contributed by atoms with van der Waals surface area (Å²) in [4.78, 5) is 23.5. The normalized spacial score (nSPS) is 13.4. The highest BCUT2D eigenvalue weighted by molar-refractivity contribution is 5.90. The molecule has 0 fully saturated rings. The lowest BCUT2D eigenvalue weighted by atomic mass is 10.1. The second-order valence-electron chi connectivity index (χ2n) is 6.27. The Kier molecular flexibility index (Phi) is 6.61. The number of hydrogen-bond acceptors (Lipinski definition) is 4. The molecule has 8 heteroatoms. The van der Waals surface area contributed by atoms with E-state index >= 15 is 0 Å². The lowest BCUT2D eigenvalue weighted by Gasteiger charge is -2.22. The summed E-state index contributed by atoms with van der Waals surface area (Å²) in [5.74, 6) is -1.53. The van der Waals surface area contributed by atoms with Gasteiger partial charge in [0.1, 0.15) is 5.75 Å². The van der Waals surface area contributed by atoms with Gasteiger partial charge in [-0.25, -0.2) is 4.79 Å². The standard InChI is InChI=1S/C17H20F3NO4/c1-11(15(23)21-16(2,3)4)24-14(22)10-7-12-5-8-13(9-6-12)25-17(18,19)20/h5-11H,1-4H3,(H,21,23)/b10-7+/t11-/m0/s1. The molecule has 0 saturated carbocycles. The van der Waals surface area contributed by atoms with Gasteiger partial charge in [-0.2, -0.15) is 0 Å². The molecule has 25 heavy (non-hydrogen) atoms. The largest absolute Gasteiger partial charge is 0.573 e. The van der Waals surface area contributed by atoms with Crippen LogP contribution in [0.25, 0.3) is 6.08 Å². The van der Waals surface area contributed by atoms with Crippen molar-refractivity contribution >= 4 is 18.0 Å². The third-order valence-electron chi connectivity index (χ3n) is 2.69. The Labute approximate surface area is 143 Å². The van der Waals surface area contributed by atoms with Gasteiger partial charge in [0, 0.05) is 11.6 Å². The van der Waals surface area contributed by atoms with Crippen molar-refractivity contribution in [1.82, 2.24) is 5.32 Å². The molecule has 1 aromatic rings. The molecule has 0 spiro atoms. The van der Waals surface area contributed by atoms with Crippen molar-refractivity contribution in [2.24, 2.45) is 0 Å². The monoisotopic (exact) mass is 359 g/mol. The number of esters is 1. The fraction of sp³-hybridized carbons (Fsp3) is 0.412. The summed E-state index contributed by atoms with van der Waals surface area (Å²) in [5, 5.41) is 2.68. The maximum atomic E-state index is 12.1. The molecule has 1 atom stereocenters. The van der Waals surface area contributed by atoms with E-state index < -0.39 is 29.9 Å². The quantitative estimate of drug-likeness (QED) is 0.646. The van der Waals surface area contributed by atoms with Crippen molar-refractivity contribution in [2.45, 2.75) is 45.7 Å². The number of alkyl halides is 3. The first-order valence-electron chi connectivity index (χ1n) is 7.42. The highest BCUT2D eigenvalue weighted by atomic mass is 19.4. The molecule has 0 aliphatic carbocycles. The van der Waals surface area contributed by atoms with Crippen LogP contribution in [0, 0.1) is 0 Å². The summed E-state index contributed by atoms with van der Waals surface area (Å²) in [6, 6.07) is 4.94. The summed E-state index contributed by atoms with van der Waals surface area (Å²) in [5.41, 5.74) is 0.0200. The molecule has 0 aliphatic rings. The fourth-order valence-corrected chi connectivity index (χ4v) is 1.68. The van der Waals surface area contributed by atoms with E-state index in [0.29, 0.717) is 5.56 Å². The van der Waals surface area contributed by atoms with Crippen LogP contribution in [-0.4, -0.2) is 29.9 Å². The van der Waals surface area contributed by atoms with Crippen LogP contribution in [0.2, 0.25) is 0 Å². The Bertz CT molecular complexity index is 631. The molecule has 0 aromatic heterocycles. The molecule has 0 saturated heterocycles. The Morgan fingerprint density at radius 3 is 2.16 bits per heavy atom. The van der Waals surface area contributed by atoms with Gasteiger partial charge in [-0.3, -0.25) is 4.79 Å². The van der Waals surface area contributed by atoms with Crippen LogP contribution in [-0.2, 0) is 14.3 Å². The summed E-state index contributed by atoms with van der Waals surface area (Å²) in [6.45, 7) is 6.83. The minimum absolute atomic E-state index is 0.361. The molecule has 1 rings (SSSR count). The van der Waals surface area contributed by atoms with Crippen molar-refractivity contribution in [3.8, 4) is 5.75 Å². The lowest BCUT2D eigenvalue weighted by molar-refractivity contribution is -0.274. The SMILES string of the molecule is C[C@H](OC(=O)/C=C/c1ccc(OC(F)(F)F)cc1)C(=O)NC(C)(C)C. The maximum absolute atomic E-state index is 12.1. The van der Waals surface area contributed by atoms with Crippen LogP contribution in [0.5, 0.6) is 5.75 Å². The van der Waals surface area contributed by atoms with E-state index in [-0.39, 0.29) is 5.75 Å². The van der Waals surface area contributed by atoms with E-state index in [1.807, 2.05) is 0 Å². The molecular formula is C17H20F3NO4. The number of amides is 1. The third kappa shape index (κ3) is 8.78. The van der Waals surface area contributed by atoms with E-state index in [2.05, 4.69) is 10.1 Å². The summed E-state index contributed by atoms with van der Waals surface area (Å²) in [6.07, 6.45) is -3.29. The second kappa shape index (κ2) is 8.04. The van der Waals surface area contributed by atoms with Crippen molar-refractivity contribution < 1.29 is 32.2 Å². The minimum atomic E-state index is -4.76. The van der Waals surface area contributed by atoms with Gasteiger partial charge in [0.15, 0.2) is 6.10 Å². The van der Waals surface area contributed by atoms with Crippen molar-refractivity contribution in [2.75, 3.05) is 0 Å². The van der Waals surface area contributed by atoms with E-state index in [4.69, 9.17) is 4.74 Å². The zero-order valence-electron chi connectivity index (χ0n) is 14.3. The van der Waals surface area contributed by atoms with Gasteiger partial charge < -0.3 is 14.8 Å². The zero-order valence-corrected chi connectivity index (χ0v) is 14.3. The van der Waals surface area contributed by atoms with Crippen LogP contribution >= 0.6 is 0 Å². The highest BCUT2D eigenvalue weighted by Gasteiger charge is 2.30. The summed E-state index contributed by atoms with van der Waals surface area (Å²) < 4.78 is 44.9. The first-order valence-corrected chi connectivity index (χ1v) is 7.42. The average molecular weight is 359 g/mol. The van der Waals surface area contributed by atoms with Crippen molar-refractivity contribution in [3.63, 3.8) is 0 Å². The van der Waals surface area contributed by atoms with Gasteiger partial charge in [0.05, 0.1) is 0 Å². The van der Waals surface area contributed by atoms with E-state index in [9.17, 15) is 22.8 Å². The molecule has 5 nitrogen and oxygen atoms in total. The first-order chi connectivity index (χ1) is 11.4. The fourth-order valence-electron chi connectivity index (χ4n) is 1.68. The topological polar surface area (TPSA) is 64.6 Å². The molecule has 1 aromatic carbocycles. The van der Waals surface area contributed by atoms with Crippen LogP contribution in [0.1, 0.15) is 33.3 Å².